The van der Waals surface area contributed by atoms with Crippen LogP contribution in [-0.4, -0.2) is 34.1 Å². The van der Waals surface area contributed by atoms with Gasteiger partial charge in [-0.3, -0.25) is 4.79 Å². The molecule has 2 atom stereocenters. The van der Waals surface area contributed by atoms with Crippen LogP contribution in [0.1, 0.15) is 25.0 Å². The van der Waals surface area contributed by atoms with E-state index in [9.17, 15) is 19.8 Å². The van der Waals surface area contributed by atoms with E-state index in [2.05, 4.69) is 6.58 Å². The molecule has 2 aliphatic rings. The molecule has 1 aliphatic heterocycles. The van der Waals surface area contributed by atoms with E-state index in [-0.39, 0.29) is 12.0 Å². The molecular weight excluding hydrogens is 330 g/mol. The van der Waals surface area contributed by atoms with Gasteiger partial charge in [0.25, 0.3) is 0 Å². The summed E-state index contributed by atoms with van der Waals surface area (Å²) in [6.45, 7) is 7.36. The number of hydrogen-bond donors (Lipinski definition) is 2. The summed E-state index contributed by atoms with van der Waals surface area (Å²) in [5, 5.41) is 20.5. The van der Waals surface area contributed by atoms with Gasteiger partial charge in [0.15, 0.2) is 0 Å². The Morgan fingerprint density at radius 2 is 1.96 bits per heavy atom. The fourth-order valence-electron chi connectivity index (χ4n) is 4.40. The summed E-state index contributed by atoms with van der Waals surface area (Å²) in [5.74, 6) is -2.21. The summed E-state index contributed by atoms with van der Waals surface area (Å²) >= 11 is 6.13. The molecule has 0 aromatic heterocycles. The Kier molecular flexibility index (Phi) is 3.36. The second kappa shape index (κ2) is 4.86. The van der Waals surface area contributed by atoms with Crippen molar-refractivity contribution in [3.63, 3.8) is 0 Å². The molecule has 5 nitrogen and oxygen atoms in total. The van der Waals surface area contributed by atoms with Gasteiger partial charge in [0.1, 0.15) is 5.41 Å². The zero-order chi connectivity index (χ0) is 18.0. The van der Waals surface area contributed by atoms with Crippen LogP contribution in [0, 0.1) is 5.41 Å². The molecule has 0 fully saturated rings. The highest BCUT2D eigenvalue weighted by atomic mass is 35.5. The first kappa shape index (κ1) is 16.6. The van der Waals surface area contributed by atoms with Crippen LogP contribution in [-0.2, 0) is 21.4 Å². The molecule has 0 radical (unpaired) electrons. The second-order valence-corrected chi connectivity index (χ2v) is 7.02. The summed E-state index contributed by atoms with van der Waals surface area (Å²) in [6, 6.07) is 5.14. The van der Waals surface area contributed by atoms with E-state index in [0.717, 1.165) is 5.56 Å². The van der Waals surface area contributed by atoms with E-state index in [4.69, 9.17) is 11.6 Å². The molecule has 1 aromatic rings. The molecule has 6 heteroatoms. The third-order valence-corrected chi connectivity index (χ3v) is 6.00. The third-order valence-electron chi connectivity index (χ3n) is 5.76. The minimum atomic E-state index is -1.46. The molecule has 0 spiro atoms. The van der Waals surface area contributed by atoms with Gasteiger partial charge < -0.3 is 15.1 Å². The third kappa shape index (κ3) is 1.65. The number of aliphatic carboxylic acids is 2. The summed E-state index contributed by atoms with van der Waals surface area (Å²) in [6.07, 6.45) is 0.179. The second-order valence-electron chi connectivity index (χ2n) is 6.59. The van der Waals surface area contributed by atoms with Gasteiger partial charge in [-0.15, -0.1) is 0 Å². The van der Waals surface area contributed by atoms with Crippen LogP contribution in [0.3, 0.4) is 0 Å². The van der Waals surface area contributed by atoms with Crippen LogP contribution in [0.5, 0.6) is 0 Å². The summed E-state index contributed by atoms with van der Waals surface area (Å²) in [7, 11) is 1.65. The number of benzene rings is 1. The number of nitrogens with zero attached hydrogens (tertiary/aromatic N) is 1. The Morgan fingerprint density at radius 3 is 2.50 bits per heavy atom. The molecule has 126 valence electrons. The SMILES string of the molecule is C=C1N(C)C(C)=C(C(=O)O)C2(C)c3cc(Cl)ccc3CC12C(=O)O. The average molecular weight is 348 g/mol. The van der Waals surface area contributed by atoms with Crippen molar-refractivity contribution in [2.45, 2.75) is 25.7 Å². The van der Waals surface area contributed by atoms with Crippen LogP contribution < -0.4 is 0 Å². The van der Waals surface area contributed by atoms with Gasteiger partial charge >= 0.3 is 11.9 Å². The number of rotatable bonds is 2. The minimum Gasteiger partial charge on any atom is -0.480 e. The molecule has 1 heterocycles. The highest BCUT2D eigenvalue weighted by Crippen LogP contribution is 2.63. The highest BCUT2D eigenvalue weighted by Gasteiger charge is 2.67. The lowest BCUT2D eigenvalue weighted by Crippen LogP contribution is -2.56. The molecule has 2 unspecified atom stereocenters. The van der Waals surface area contributed by atoms with Gasteiger partial charge in [-0.05, 0) is 43.5 Å². The van der Waals surface area contributed by atoms with Gasteiger partial charge in [0, 0.05) is 28.9 Å². The average Bonchev–Trinajstić information content (AvgIpc) is 2.75. The van der Waals surface area contributed by atoms with Crippen LogP contribution in [0.4, 0.5) is 0 Å². The Hall–Kier alpha value is -2.27. The molecule has 0 saturated carbocycles. The maximum absolute atomic E-state index is 12.4. The van der Waals surface area contributed by atoms with E-state index in [1.165, 1.54) is 0 Å². The normalized spacial score (nSPS) is 28.7. The van der Waals surface area contributed by atoms with Crippen molar-refractivity contribution in [2.75, 3.05) is 7.05 Å². The summed E-state index contributed by atoms with van der Waals surface area (Å²) in [4.78, 5) is 26.1. The van der Waals surface area contributed by atoms with E-state index in [1.807, 2.05) is 0 Å². The van der Waals surface area contributed by atoms with Crippen molar-refractivity contribution >= 4 is 23.5 Å². The Morgan fingerprint density at radius 1 is 1.33 bits per heavy atom. The Bertz CT molecular complexity index is 843. The fourth-order valence-corrected chi connectivity index (χ4v) is 4.57. The smallest absolute Gasteiger partial charge is 0.334 e. The molecule has 1 aromatic carbocycles. The van der Waals surface area contributed by atoms with Crippen molar-refractivity contribution in [1.29, 1.82) is 0 Å². The predicted octanol–water partition coefficient (Wildman–Crippen LogP) is 3.04. The molecule has 0 saturated heterocycles. The predicted molar refractivity (Wildman–Crippen MR) is 89.8 cm³/mol. The maximum Gasteiger partial charge on any atom is 0.334 e. The summed E-state index contributed by atoms with van der Waals surface area (Å²) < 4.78 is 0. The van der Waals surface area contributed by atoms with E-state index < -0.39 is 22.8 Å². The van der Waals surface area contributed by atoms with E-state index >= 15 is 0 Å². The Balaban J connectivity index is 2.49. The van der Waals surface area contributed by atoms with Crippen molar-refractivity contribution < 1.29 is 19.8 Å². The first-order valence-corrected chi connectivity index (χ1v) is 7.87. The van der Waals surface area contributed by atoms with Crippen molar-refractivity contribution in [3.8, 4) is 0 Å². The van der Waals surface area contributed by atoms with Crippen LogP contribution in [0.25, 0.3) is 0 Å². The first-order chi connectivity index (χ1) is 11.1. The number of carboxylic acids is 2. The molecule has 0 amide bonds. The molecule has 24 heavy (non-hydrogen) atoms. The van der Waals surface area contributed by atoms with Crippen LogP contribution >= 0.6 is 11.6 Å². The lowest BCUT2D eigenvalue weighted by Gasteiger charge is -2.50. The topological polar surface area (TPSA) is 77.8 Å². The van der Waals surface area contributed by atoms with Gasteiger partial charge in [0.05, 0.1) is 5.57 Å². The van der Waals surface area contributed by atoms with E-state index in [0.29, 0.717) is 22.0 Å². The standard InChI is InChI=1S/C18H18ClNO4/c1-9-14(15(21)22)17(3)13-7-12(19)6-5-11(13)8-18(17,16(23)24)10(2)20(9)4/h5-7H,2,8H2,1,3-4H3,(H,21,22)(H,23,24). The molecule has 1 aliphatic carbocycles. The monoisotopic (exact) mass is 347 g/mol. The first-order valence-electron chi connectivity index (χ1n) is 7.49. The lowest BCUT2D eigenvalue weighted by molar-refractivity contribution is -0.151. The number of halogens is 1. The number of carboxylic acid groups (broad SMARTS) is 2. The van der Waals surface area contributed by atoms with Crippen LogP contribution in [0.15, 0.2) is 41.7 Å². The number of allylic oxidation sites excluding steroid dienone is 1. The minimum absolute atomic E-state index is 0.0702. The van der Waals surface area contributed by atoms with Gasteiger partial charge in [-0.1, -0.05) is 24.2 Å². The van der Waals surface area contributed by atoms with Gasteiger partial charge in [-0.25, -0.2) is 4.79 Å². The molecule has 0 bridgehead atoms. The number of hydrogen-bond acceptors (Lipinski definition) is 3. The van der Waals surface area contributed by atoms with Crippen molar-refractivity contribution in [1.82, 2.24) is 4.90 Å². The van der Waals surface area contributed by atoms with Crippen LogP contribution in [0.2, 0.25) is 5.02 Å². The quantitative estimate of drug-likeness (QED) is 0.859. The lowest BCUT2D eigenvalue weighted by atomic mass is 9.57. The van der Waals surface area contributed by atoms with Crippen molar-refractivity contribution in [3.05, 3.63) is 57.9 Å². The van der Waals surface area contributed by atoms with Gasteiger partial charge in [-0.2, -0.15) is 0 Å². The highest BCUT2D eigenvalue weighted by molar-refractivity contribution is 6.30. The van der Waals surface area contributed by atoms with Crippen molar-refractivity contribution in [2.24, 2.45) is 5.41 Å². The maximum atomic E-state index is 12.4. The molecule has 3 rings (SSSR count). The zero-order valence-corrected chi connectivity index (χ0v) is 14.4. The molecule has 2 N–H and O–H groups in total. The number of carbonyl (C=O) groups is 2. The summed E-state index contributed by atoms with van der Waals surface area (Å²) in [5.41, 5.74) is -0.343. The number of fused-ring (bicyclic) bond motifs is 3. The van der Waals surface area contributed by atoms with E-state index in [1.54, 1.807) is 44.0 Å². The Labute approximate surface area is 144 Å². The van der Waals surface area contributed by atoms with Gasteiger partial charge in [0.2, 0.25) is 0 Å². The fraction of sp³-hybridized carbons (Fsp3) is 0.333. The zero-order valence-electron chi connectivity index (χ0n) is 13.7. The molecular formula is C18H18ClNO4. The largest absolute Gasteiger partial charge is 0.480 e.